The number of amides is 4. The van der Waals surface area contributed by atoms with Crippen LogP contribution in [-0.2, 0) is 4.74 Å². The van der Waals surface area contributed by atoms with Gasteiger partial charge in [0.1, 0.15) is 0 Å². The summed E-state index contributed by atoms with van der Waals surface area (Å²) >= 11 is 0. The molecule has 3 atom stereocenters. The molecule has 2 aromatic rings. The van der Waals surface area contributed by atoms with Crippen LogP contribution in [-0.4, -0.2) is 49.3 Å². The highest BCUT2D eigenvalue weighted by molar-refractivity contribution is 5.91. The van der Waals surface area contributed by atoms with Crippen molar-refractivity contribution in [3.63, 3.8) is 0 Å². The van der Waals surface area contributed by atoms with Gasteiger partial charge in [0.25, 0.3) is 0 Å². The van der Waals surface area contributed by atoms with Gasteiger partial charge in [-0.1, -0.05) is 57.2 Å². The lowest BCUT2D eigenvalue weighted by Crippen LogP contribution is -2.44. The van der Waals surface area contributed by atoms with Gasteiger partial charge in [-0.3, -0.25) is 0 Å². The van der Waals surface area contributed by atoms with Crippen molar-refractivity contribution in [2.75, 3.05) is 36.9 Å². The van der Waals surface area contributed by atoms with Crippen LogP contribution in [0.5, 0.6) is 0 Å². The van der Waals surface area contributed by atoms with E-state index in [1.54, 1.807) is 4.90 Å². The van der Waals surface area contributed by atoms with Crippen LogP contribution in [0.4, 0.5) is 21.0 Å². The van der Waals surface area contributed by atoms with Crippen LogP contribution in [0, 0.1) is 30.6 Å². The maximum Gasteiger partial charge on any atom is 0.321 e. The number of anilines is 2. The Labute approximate surface area is 221 Å². The summed E-state index contributed by atoms with van der Waals surface area (Å²) < 4.78 is 6.43. The Kier molecular flexibility index (Phi) is 8.12. The number of fused-ring (bicyclic) bond motifs is 2. The van der Waals surface area contributed by atoms with E-state index in [4.69, 9.17) is 4.74 Å². The van der Waals surface area contributed by atoms with Gasteiger partial charge in [-0.2, -0.15) is 0 Å². The second-order valence-corrected chi connectivity index (χ2v) is 11.4. The molecule has 37 heavy (non-hydrogen) atoms. The number of nitrogens with zero attached hydrogens (tertiary/aromatic N) is 1. The number of rotatable bonds is 9. The van der Waals surface area contributed by atoms with Crippen LogP contribution in [0.1, 0.15) is 51.2 Å². The average Bonchev–Trinajstić information content (AvgIpc) is 3.19. The van der Waals surface area contributed by atoms with Crippen molar-refractivity contribution in [3.05, 3.63) is 59.7 Å². The largest absolute Gasteiger partial charge is 0.376 e. The summed E-state index contributed by atoms with van der Waals surface area (Å²) in [6.07, 6.45) is 3.80. The van der Waals surface area contributed by atoms with Gasteiger partial charge < -0.3 is 25.6 Å². The minimum Gasteiger partial charge on any atom is -0.376 e. The molecule has 0 saturated heterocycles. The Balaban J connectivity index is 1.33. The van der Waals surface area contributed by atoms with Crippen molar-refractivity contribution in [2.45, 2.75) is 60.0 Å². The summed E-state index contributed by atoms with van der Waals surface area (Å²) in [6, 6.07) is 14.9. The highest BCUT2D eigenvalue weighted by Gasteiger charge is 2.61. The Hall–Kier alpha value is -3.06. The third kappa shape index (κ3) is 5.77. The first-order valence-electron chi connectivity index (χ1n) is 13.5. The van der Waals surface area contributed by atoms with E-state index < -0.39 is 0 Å². The highest BCUT2D eigenvalue weighted by Crippen LogP contribution is 2.66. The lowest BCUT2D eigenvalue weighted by atomic mass is 9.70. The van der Waals surface area contributed by atoms with E-state index in [2.05, 4.69) is 36.7 Å². The molecule has 0 spiro atoms. The summed E-state index contributed by atoms with van der Waals surface area (Å²) in [5.74, 6) is 0.707. The number of hydrogen-bond donors (Lipinski definition) is 3. The number of carbonyl (C=O) groups excluding carboxylic acids is 2. The first-order valence-corrected chi connectivity index (χ1v) is 13.5. The fourth-order valence-corrected chi connectivity index (χ4v) is 6.09. The zero-order valence-corrected chi connectivity index (χ0v) is 22.9. The molecule has 2 aromatic carbocycles. The zero-order valence-electron chi connectivity index (χ0n) is 22.9. The Bertz CT molecular complexity index is 1120. The third-order valence-corrected chi connectivity index (χ3v) is 9.13. The molecule has 2 fully saturated rings. The van der Waals surface area contributed by atoms with Crippen molar-refractivity contribution in [2.24, 2.45) is 16.7 Å². The minimum absolute atomic E-state index is 0.182. The standard InChI is InChI=1S/C30H42N4O3/c1-21-10-6-8-12-24(21)32-27(35)31-16-17-34(28(36)33-25-13-9-7-11-22(25)2)18-19-37-26-20-23-14-15-30(26,5)29(23,3)4/h6-13,23,26H,14-20H2,1-5H3,(H,33,36)(H2,31,32,35). The molecule has 4 rings (SSSR count). The summed E-state index contributed by atoms with van der Waals surface area (Å²) in [6.45, 7) is 12.7. The third-order valence-electron chi connectivity index (χ3n) is 9.13. The summed E-state index contributed by atoms with van der Waals surface area (Å²) in [4.78, 5) is 27.4. The van der Waals surface area contributed by atoms with Crippen LogP contribution in [0.2, 0.25) is 0 Å². The van der Waals surface area contributed by atoms with Crippen LogP contribution in [0.15, 0.2) is 48.5 Å². The van der Waals surface area contributed by atoms with Crippen molar-refractivity contribution in [1.82, 2.24) is 10.2 Å². The molecule has 0 aromatic heterocycles. The number of hydrogen-bond acceptors (Lipinski definition) is 3. The maximum absolute atomic E-state index is 13.2. The van der Waals surface area contributed by atoms with E-state index in [0.717, 1.165) is 28.9 Å². The molecular formula is C30H42N4O3. The number of aryl methyl sites for hydroxylation is 2. The molecule has 2 aliphatic rings. The first kappa shape index (κ1) is 27.0. The van der Waals surface area contributed by atoms with E-state index in [0.29, 0.717) is 32.2 Å². The Morgan fingerprint density at radius 3 is 2.14 bits per heavy atom. The molecule has 3 N–H and O–H groups in total. The van der Waals surface area contributed by atoms with Gasteiger partial charge in [0.05, 0.1) is 12.7 Å². The molecular weight excluding hydrogens is 464 g/mol. The van der Waals surface area contributed by atoms with Gasteiger partial charge in [-0.15, -0.1) is 0 Å². The molecule has 200 valence electrons. The smallest absolute Gasteiger partial charge is 0.321 e. The number of benzene rings is 2. The van der Waals surface area contributed by atoms with Gasteiger partial charge in [-0.05, 0) is 73.1 Å². The van der Waals surface area contributed by atoms with Crippen LogP contribution < -0.4 is 16.0 Å². The fraction of sp³-hybridized carbons (Fsp3) is 0.533. The lowest BCUT2D eigenvalue weighted by molar-refractivity contribution is -0.0494. The van der Waals surface area contributed by atoms with E-state index in [1.807, 2.05) is 62.4 Å². The van der Waals surface area contributed by atoms with Gasteiger partial charge in [-0.25, -0.2) is 9.59 Å². The quantitative estimate of drug-likeness (QED) is 0.379. The van der Waals surface area contributed by atoms with Crippen molar-refractivity contribution < 1.29 is 14.3 Å². The second-order valence-electron chi connectivity index (χ2n) is 11.4. The Morgan fingerprint density at radius 2 is 1.57 bits per heavy atom. The van der Waals surface area contributed by atoms with E-state index in [-0.39, 0.29) is 29.0 Å². The predicted octanol–water partition coefficient (Wildman–Crippen LogP) is 6.19. The second kappa shape index (κ2) is 11.1. The number of nitrogens with one attached hydrogen (secondary N) is 3. The van der Waals surface area contributed by atoms with E-state index in [9.17, 15) is 9.59 Å². The van der Waals surface area contributed by atoms with E-state index in [1.165, 1.54) is 12.8 Å². The normalized spacial score (nSPS) is 23.5. The fourth-order valence-electron chi connectivity index (χ4n) is 6.09. The summed E-state index contributed by atoms with van der Waals surface area (Å²) in [7, 11) is 0. The number of para-hydroxylation sites is 2. The van der Waals surface area contributed by atoms with Crippen molar-refractivity contribution >= 4 is 23.4 Å². The average molecular weight is 507 g/mol. The summed E-state index contributed by atoms with van der Waals surface area (Å²) in [5.41, 5.74) is 4.01. The highest BCUT2D eigenvalue weighted by atomic mass is 16.5. The Morgan fingerprint density at radius 1 is 0.946 bits per heavy atom. The van der Waals surface area contributed by atoms with Gasteiger partial charge in [0.2, 0.25) is 0 Å². The summed E-state index contributed by atoms with van der Waals surface area (Å²) in [5, 5.41) is 8.78. The topological polar surface area (TPSA) is 82.7 Å². The van der Waals surface area contributed by atoms with E-state index >= 15 is 0 Å². The molecule has 0 radical (unpaired) electrons. The van der Waals surface area contributed by atoms with Gasteiger partial charge >= 0.3 is 12.1 Å². The monoisotopic (exact) mass is 506 g/mol. The molecule has 3 unspecified atom stereocenters. The van der Waals surface area contributed by atoms with Gasteiger partial charge in [0.15, 0.2) is 0 Å². The molecule has 0 aliphatic heterocycles. The van der Waals surface area contributed by atoms with Crippen LogP contribution in [0.3, 0.4) is 0 Å². The minimum atomic E-state index is -0.290. The number of ether oxygens (including phenoxy) is 1. The predicted molar refractivity (Wildman–Crippen MR) is 149 cm³/mol. The first-order chi connectivity index (χ1) is 17.6. The molecule has 0 heterocycles. The van der Waals surface area contributed by atoms with Crippen molar-refractivity contribution in [1.29, 1.82) is 0 Å². The van der Waals surface area contributed by atoms with Crippen LogP contribution in [0.25, 0.3) is 0 Å². The molecule has 7 nitrogen and oxygen atoms in total. The van der Waals surface area contributed by atoms with Crippen molar-refractivity contribution in [3.8, 4) is 0 Å². The lowest BCUT2D eigenvalue weighted by Gasteiger charge is -2.39. The molecule has 2 bridgehead atoms. The SMILES string of the molecule is Cc1ccccc1NC(=O)NCCN(CCOC1CC2CCC1(C)C2(C)C)C(=O)Nc1ccccc1C. The number of carbonyl (C=O) groups is 2. The van der Waals surface area contributed by atoms with Crippen LogP contribution >= 0.6 is 0 Å². The van der Waals surface area contributed by atoms with Gasteiger partial charge in [0, 0.05) is 31.0 Å². The maximum atomic E-state index is 13.2. The molecule has 2 aliphatic carbocycles. The molecule has 7 heteroatoms. The number of urea groups is 2. The molecule has 4 amide bonds. The zero-order chi connectivity index (χ0) is 26.6. The molecule has 2 saturated carbocycles.